The number of pyridine rings is 1. The SMILES string of the molecule is COCCN1C(C)CN(C(=O)CCc2csc(-c3ccccn3)n2)CC1C. The molecule has 3 rings (SSSR count). The molecule has 0 saturated carbocycles. The molecule has 2 unspecified atom stereocenters. The molecule has 0 aromatic carbocycles. The van der Waals surface area contributed by atoms with Gasteiger partial charge >= 0.3 is 0 Å². The van der Waals surface area contributed by atoms with E-state index in [1.165, 1.54) is 0 Å². The number of aromatic nitrogens is 2. The van der Waals surface area contributed by atoms with Crippen molar-refractivity contribution in [3.8, 4) is 10.7 Å². The highest BCUT2D eigenvalue weighted by atomic mass is 32.1. The highest BCUT2D eigenvalue weighted by Crippen LogP contribution is 2.22. The first-order valence-electron chi connectivity index (χ1n) is 9.46. The summed E-state index contributed by atoms with van der Waals surface area (Å²) in [7, 11) is 1.73. The molecule has 1 fully saturated rings. The van der Waals surface area contributed by atoms with Crippen LogP contribution in [-0.2, 0) is 16.0 Å². The van der Waals surface area contributed by atoms with Crippen LogP contribution in [0, 0.1) is 0 Å². The number of hydrogen-bond donors (Lipinski definition) is 0. The minimum Gasteiger partial charge on any atom is -0.383 e. The molecule has 6 nitrogen and oxygen atoms in total. The van der Waals surface area contributed by atoms with E-state index in [0.717, 1.165) is 42.6 Å². The van der Waals surface area contributed by atoms with E-state index < -0.39 is 0 Å². The lowest BCUT2D eigenvalue weighted by atomic mass is 10.1. The lowest BCUT2D eigenvalue weighted by Crippen LogP contribution is -2.58. The van der Waals surface area contributed by atoms with Gasteiger partial charge in [0.05, 0.1) is 18.0 Å². The van der Waals surface area contributed by atoms with Gasteiger partial charge in [0.2, 0.25) is 5.91 Å². The average molecular weight is 389 g/mol. The van der Waals surface area contributed by atoms with E-state index in [4.69, 9.17) is 4.74 Å². The molecular formula is C20H28N4O2S. The number of piperazine rings is 1. The van der Waals surface area contributed by atoms with Crippen LogP contribution in [0.1, 0.15) is 26.0 Å². The Morgan fingerprint density at radius 1 is 1.30 bits per heavy atom. The van der Waals surface area contributed by atoms with Crippen LogP contribution in [0.4, 0.5) is 0 Å². The Balaban J connectivity index is 1.52. The summed E-state index contributed by atoms with van der Waals surface area (Å²) < 4.78 is 5.20. The summed E-state index contributed by atoms with van der Waals surface area (Å²) in [6.45, 7) is 7.57. The average Bonchev–Trinajstić information content (AvgIpc) is 3.15. The molecule has 0 bridgehead atoms. The van der Waals surface area contributed by atoms with Crippen LogP contribution in [0.3, 0.4) is 0 Å². The summed E-state index contributed by atoms with van der Waals surface area (Å²) in [4.78, 5) is 26.1. The number of nitrogens with zero attached hydrogens (tertiary/aromatic N) is 4. The number of ether oxygens (including phenoxy) is 1. The predicted octanol–water partition coefficient (Wildman–Crippen LogP) is 2.71. The van der Waals surface area contributed by atoms with Gasteiger partial charge < -0.3 is 9.64 Å². The third kappa shape index (κ3) is 5.12. The van der Waals surface area contributed by atoms with Gasteiger partial charge in [-0.1, -0.05) is 6.07 Å². The van der Waals surface area contributed by atoms with Gasteiger partial charge in [-0.2, -0.15) is 0 Å². The van der Waals surface area contributed by atoms with Crippen LogP contribution in [0.15, 0.2) is 29.8 Å². The Labute approximate surface area is 165 Å². The minimum atomic E-state index is 0.215. The fourth-order valence-corrected chi connectivity index (χ4v) is 4.45. The third-order valence-corrected chi connectivity index (χ3v) is 5.95. The smallest absolute Gasteiger partial charge is 0.223 e. The number of hydrogen-bond acceptors (Lipinski definition) is 6. The van der Waals surface area contributed by atoms with Gasteiger partial charge in [0.15, 0.2) is 0 Å². The number of rotatable bonds is 7. The summed E-state index contributed by atoms with van der Waals surface area (Å²) in [5, 5.41) is 2.94. The Morgan fingerprint density at radius 2 is 2.07 bits per heavy atom. The van der Waals surface area contributed by atoms with Crippen molar-refractivity contribution in [2.45, 2.75) is 38.8 Å². The van der Waals surface area contributed by atoms with E-state index in [2.05, 4.69) is 28.7 Å². The monoisotopic (exact) mass is 388 g/mol. The fraction of sp³-hybridized carbons (Fsp3) is 0.550. The molecule has 146 valence electrons. The molecule has 1 amide bonds. The van der Waals surface area contributed by atoms with Crippen molar-refractivity contribution in [3.63, 3.8) is 0 Å². The molecule has 1 aliphatic heterocycles. The standard InChI is InChI=1S/C20H28N4O2S/c1-15-12-23(13-16(2)24(15)10-11-26-3)19(25)8-7-17-14-27-20(22-17)18-6-4-5-9-21-18/h4-6,9,14-16H,7-8,10-13H2,1-3H3. The normalized spacial score (nSPS) is 20.8. The van der Waals surface area contributed by atoms with Crippen molar-refractivity contribution in [2.75, 3.05) is 33.4 Å². The number of carbonyl (C=O) groups excluding carboxylic acids is 1. The van der Waals surface area contributed by atoms with E-state index in [9.17, 15) is 4.79 Å². The van der Waals surface area contributed by atoms with Crippen molar-refractivity contribution >= 4 is 17.2 Å². The van der Waals surface area contributed by atoms with Crippen molar-refractivity contribution in [1.29, 1.82) is 0 Å². The van der Waals surface area contributed by atoms with Gasteiger partial charge in [-0.25, -0.2) is 4.98 Å². The molecule has 7 heteroatoms. The summed E-state index contributed by atoms with van der Waals surface area (Å²) in [5.74, 6) is 0.215. The minimum absolute atomic E-state index is 0.215. The molecule has 0 N–H and O–H groups in total. The molecule has 27 heavy (non-hydrogen) atoms. The molecule has 2 aromatic heterocycles. The number of thiazole rings is 1. The van der Waals surface area contributed by atoms with Crippen molar-refractivity contribution in [2.24, 2.45) is 0 Å². The van der Waals surface area contributed by atoms with Crippen LogP contribution in [0.5, 0.6) is 0 Å². The second-order valence-corrected chi connectivity index (χ2v) is 7.94. The summed E-state index contributed by atoms with van der Waals surface area (Å²) >= 11 is 1.58. The number of aryl methyl sites for hydroxylation is 1. The van der Waals surface area contributed by atoms with Crippen LogP contribution in [-0.4, -0.2) is 71.1 Å². The second kappa shape index (κ2) is 9.39. The topological polar surface area (TPSA) is 58.6 Å². The third-order valence-electron chi connectivity index (χ3n) is 5.04. The van der Waals surface area contributed by atoms with Crippen LogP contribution < -0.4 is 0 Å². The second-order valence-electron chi connectivity index (χ2n) is 7.09. The number of carbonyl (C=O) groups is 1. The zero-order valence-electron chi connectivity index (χ0n) is 16.3. The lowest BCUT2D eigenvalue weighted by molar-refractivity contribution is -0.135. The van der Waals surface area contributed by atoms with Gasteiger partial charge in [0, 0.05) is 56.8 Å². The number of amides is 1. The van der Waals surface area contributed by atoms with Gasteiger partial charge in [0.1, 0.15) is 5.01 Å². The lowest BCUT2D eigenvalue weighted by Gasteiger charge is -2.44. The van der Waals surface area contributed by atoms with Gasteiger partial charge in [-0.3, -0.25) is 14.7 Å². The fourth-order valence-electron chi connectivity index (χ4n) is 3.62. The first kappa shape index (κ1) is 19.9. The Morgan fingerprint density at radius 3 is 2.74 bits per heavy atom. The molecule has 2 atom stereocenters. The van der Waals surface area contributed by atoms with Crippen LogP contribution >= 0.6 is 11.3 Å². The van der Waals surface area contributed by atoms with Gasteiger partial charge in [-0.15, -0.1) is 11.3 Å². The molecule has 0 aliphatic carbocycles. The highest BCUT2D eigenvalue weighted by molar-refractivity contribution is 7.13. The maximum absolute atomic E-state index is 12.7. The zero-order valence-corrected chi connectivity index (χ0v) is 17.1. The van der Waals surface area contributed by atoms with E-state index in [-0.39, 0.29) is 5.91 Å². The quantitative estimate of drug-likeness (QED) is 0.730. The Kier molecular flexibility index (Phi) is 6.93. The molecule has 1 aliphatic rings. The molecule has 1 saturated heterocycles. The molecule has 3 heterocycles. The van der Waals surface area contributed by atoms with E-state index in [0.29, 0.717) is 24.9 Å². The van der Waals surface area contributed by atoms with Gasteiger partial charge in [-0.05, 0) is 32.4 Å². The first-order chi connectivity index (χ1) is 13.1. The molecule has 0 spiro atoms. The molecule has 0 radical (unpaired) electrons. The summed E-state index contributed by atoms with van der Waals surface area (Å²) in [6, 6.07) is 6.51. The van der Waals surface area contributed by atoms with Crippen LogP contribution in [0.2, 0.25) is 0 Å². The Bertz CT molecular complexity index is 725. The van der Waals surface area contributed by atoms with Crippen molar-refractivity contribution in [3.05, 3.63) is 35.5 Å². The van der Waals surface area contributed by atoms with E-state index >= 15 is 0 Å². The summed E-state index contributed by atoms with van der Waals surface area (Å²) in [6.07, 6.45) is 2.95. The number of methoxy groups -OCH3 is 1. The Hall–Kier alpha value is -1.83. The molecule has 2 aromatic rings. The van der Waals surface area contributed by atoms with Crippen LogP contribution in [0.25, 0.3) is 10.7 Å². The van der Waals surface area contributed by atoms with Gasteiger partial charge in [0.25, 0.3) is 0 Å². The van der Waals surface area contributed by atoms with Crippen molar-refractivity contribution < 1.29 is 9.53 Å². The zero-order chi connectivity index (χ0) is 19.2. The first-order valence-corrected chi connectivity index (χ1v) is 10.3. The van der Waals surface area contributed by atoms with E-state index in [1.807, 2.05) is 28.5 Å². The highest BCUT2D eigenvalue weighted by Gasteiger charge is 2.31. The maximum atomic E-state index is 12.7. The van der Waals surface area contributed by atoms with E-state index in [1.54, 1.807) is 24.6 Å². The summed E-state index contributed by atoms with van der Waals surface area (Å²) in [5.41, 5.74) is 1.85. The predicted molar refractivity (Wildman–Crippen MR) is 108 cm³/mol. The van der Waals surface area contributed by atoms with Crippen molar-refractivity contribution in [1.82, 2.24) is 19.8 Å². The largest absolute Gasteiger partial charge is 0.383 e. The molecular weight excluding hydrogens is 360 g/mol. The maximum Gasteiger partial charge on any atom is 0.223 e.